The lowest BCUT2D eigenvalue weighted by Gasteiger charge is -2.33. The standard InChI is InChI=1S/C41H36N6O6/c1-44-18-20-45(21-19-44)37(49)28-22-27(23-29(24-28)47-40(52)32-12-4-8-26-9-5-13-33(35(26)32)41(47)53)36(48)43-15-14-42-16-17-46-38(50)30-10-2-6-25-7-3-11-31(34(25)30)39(46)51/h2-13,22-24,42H,14-21H2,1H3,(H,43,48). The van der Waals surface area contributed by atoms with Crippen molar-refractivity contribution in [1.82, 2.24) is 25.3 Å². The molecule has 1 fully saturated rings. The van der Waals surface area contributed by atoms with Gasteiger partial charge in [0.2, 0.25) is 0 Å². The van der Waals surface area contributed by atoms with E-state index in [-0.39, 0.29) is 47.6 Å². The predicted molar refractivity (Wildman–Crippen MR) is 199 cm³/mol. The molecule has 0 aromatic heterocycles. The van der Waals surface area contributed by atoms with Gasteiger partial charge in [0.25, 0.3) is 35.4 Å². The molecule has 3 aliphatic rings. The summed E-state index contributed by atoms with van der Waals surface area (Å²) in [7, 11) is 1.98. The molecule has 5 aromatic carbocycles. The van der Waals surface area contributed by atoms with E-state index in [4.69, 9.17) is 0 Å². The van der Waals surface area contributed by atoms with Crippen LogP contribution >= 0.6 is 0 Å². The van der Waals surface area contributed by atoms with Crippen molar-refractivity contribution >= 4 is 62.7 Å². The molecule has 0 radical (unpaired) electrons. The zero-order valence-electron chi connectivity index (χ0n) is 29.1. The molecule has 0 aliphatic carbocycles. The zero-order valence-corrected chi connectivity index (χ0v) is 29.1. The van der Waals surface area contributed by atoms with Crippen LogP contribution in [0.3, 0.4) is 0 Å². The van der Waals surface area contributed by atoms with Crippen LogP contribution in [0.2, 0.25) is 0 Å². The lowest BCUT2D eigenvalue weighted by atomic mass is 9.93. The smallest absolute Gasteiger partial charge is 0.265 e. The summed E-state index contributed by atoms with van der Waals surface area (Å²) in [5, 5.41) is 8.88. The highest BCUT2D eigenvalue weighted by Crippen LogP contribution is 2.34. The number of piperazine rings is 1. The molecular weight excluding hydrogens is 672 g/mol. The van der Waals surface area contributed by atoms with Gasteiger partial charge in [0.05, 0.1) is 5.69 Å². The summed E-state index contributed by atoms with van der Waals surface area (Å²) in [6, 6.07) is 25.8. The molecule has 53 heavy (non-hydrogen) atoms. The van der Waals surface area contributed by atoms with Crippen LogP contribution in [0.5, 0.6) is 0 Å². The second-order valence-electron chi connectivity index (χ2n) is 13.5. The Morgan fingerprint density at radius 2 is 1.11 bits per heavy atom. The molecule has 3 aliphatic heterocycles. The summed E-state index contributed by atoms with van der Waals surface area (Å²) >= 11 is 0. The second kappa shape index (κ2) is 13.7. The number of hydrogen-bond donors (Lipinski definition) is 2. The molecule has 0 bridgehead atoms. The van der Waals surface area contributed by atoms with Gasteiger partial charge in [0, 0.05) is 96.5 Å². The number of amides is 6. The van der Waals surface area contributed by atoms with Crippen LogP contribution in [0.25, 0.3) is 21.5 Å². The Morgan fingerprint density at radius 1 is 0.604 bits per heavy atom. The minimum absolute atomic E-state index is 0.120. The third kappa shape index (κ3) is 6.01. The number of imide groups is 2. The molecule has 266 valence electrons. The zero-order chi connectivity index (χ0) is 36.8. The van der Waals surface area contributed by atoms with Crippen molar-refractivity contribution < 1.29 is 28.8 Å². The number of anilines is 1. The van der Waals surface area contributed by atoms with E-state index in [9.17, 15) is 28.8 Å². The summed E-state index contributed by atoms with van der Waals surface area (Å²) in [6.07, 6.45) is 0. The van der Waals surface area contributed by atoms with Crippen molar-refractivity contribution in [1.29, 1.82) is 0 Å². The first-order valence-electron chi connectivity index (χ1n) is 17.6. The normalized spacial score (nSPS) is 15.8. The maximum absolute atomic E-state index is 13.9. The lowest BCUT2D eigenvalue weighted by molar-refractivity contribution is 0.0609. The van der Waals surface area contributed by atoms with E-state index >= 15 is 0 Å². The number of rotatable bonds is 9. The molecule has 12 heteroatoms. The molecule has 5 aromatic rings. The molecule has 12 nitrogen and oxygen atoms in total. The Hall–Kier alpha value is -6.24. The third-order valence-electron chi connectivity index (χ3n) is 10.2. The summed E-state index contributed by atoms with van der Waals surface area (Å²) in [5.41, 5.74) is 2.15. The van der Waals surface area contributed by atoms with Gasteiger partial charge < -0.3 is 20.4 Å². The Balaban J connectivity index is 0.972. The number of carbonyl (C=O) groups is 6. The van der Waals surface area contributed by atoms with Gasteiger partial charge in [-0.2, -0.15) is 0 Å². The van der Waals surface area contributed by atoms with Crippen molar-refractivity contribution in [2.24, 2.45) is 0 Å². The van der Waals surface area contributed by atoms with Gasteiger partial charge >= 0.3 is 0 Å². The number of nitrogens with zero attached hydrogens (tertiary/aromatic N) is 4. The van der Waals surface area contributed by atoms with E-state index in [1.807, 2.05) is 31.3 Å². The predicted octanol–water partition coefficient (Wildman–Crippen LogP) is 3.80. The topological polar surface area (TPSA) is 139 Å². The van der Waals surface area contributed by atoms with E-state index in [1.54, 1.807) is 53.4 Å². The fourth-order valence-corrected chi connectivity index (χ4v) is 7.42. The molecule has 0 atom stereocenters. The molecule has 6 amide bonds. The fourth-order valence-electron chi connectivity index (χ4n) is 7.42. The average Bonchev–Trinajstić information content (AvgIpc) is 3.18. The van der Waals surface area contributed by atoms with Crippen LogP contribution in [0.15, 0.2) is 91.0 Å². The number of likely N-dealkylation sites (N-methyl/N-ethyl adjacent to an activating group) is 1. The van der Waals surface area contributed by atoms with Crippen LogP contribution in [-0.2, 0) is 0 Å². The van der Waals surface area contributed by atoms with Crippen molar-refractivity contribution in [3.63, 3.8) is 0 Å². The van der Waals surface area contributed by atoms with Crippen LogP contribution in [0.4, 0.5) is 5.69 Å². The molecule has 1 saturated heterocycles. The highest BCUT2D eigenvalue weighted by molar-refractivity contribution is 6.36. The first-order chi connectivity index (χ1) is 25.7. The summed E-state index contributed by atoms with van der Waals surface area (Å²) in [6.45, 7) is 3.35. The molecule has 0 saturated carbocycles. The van der Waals surface area contributed by atoms with Crippen LogP contribution in [-0.4, -0.2) is 110 Å². The first kappa shape index (κ1) is 33.9. The summed E-state index contributed by atoms with van der Waals surface area (Å²) in [5.74, 6) is -2.55. The maximum atomic E-state index is 13.9. The second-order valence-corrected chi connectivity index (χ2v) is 13.5. The van der Waals surface area contributed by atoms with Crippen molar-refractivity contribution in [2.45, 2.75) is 0 Å². The number of nitrogens with one attached hydrogen (secondary N) is 2. The van der Waals surface area contributed by atoms with Gasteiger partial charge in [0.15, 0.2) is 0 Å². The van der Waals surface area contributed by atoms with Gasteiger partial charge in [-0.05, 0) is 60.3 Å². The Labute approximate surface area is 304 Å². The fraction of sp³-hybridized carbons (Fsp3) is 0.220. The molecular formula is C41H36N6O6. The van der Waals surface area contributed by atoms with Crippen LogP contribution in [0, 0.1) is 0 Å². The number of hydrogen-bond acceptors (Lipinski definition) is 8. The van der Waals surface area contributed by atoms with Gasteiger partial charge in [-0.3, -0.25) is 33.7 Å². The highest BCUT2D eigenvalue weighted by Gasteiger charge is 2.35. The lowest BCUT2D eigenvalue weighted by Crippen LogP contribution is -2.47. The molecule has 0 unspecified atom stereocenters. The molecule has 2 N–H and O–H groups in total. The SMILES string of the molecule is CN1CCN(C(=O)c2cc(C(=O)NCCNCCN3C(=O)c4cccc5cccc(c45)C3=O)cc(N3C(=O)c4cccc5cccc(c45)C3=O)c2)CC1. The van der Waals surface area contributed by atoms with Gasteiger partial charge in [-0.15, -0.1) is 0 Å². The Kier molecular flexibility index (Phi) is 8.77. The molecule has 8 rings (SSSR count). The van der Waals surface area contributed by atoms with E-state index < -0.39 is 17.7 Å². The van der Waals surface area contributed by atoms with E-state index in [0.717, 1.165) is 15.7 Å². The first-order valence-corrected chi connectivity index (χ1v) is 17.6. The maximum Gasteiger partial charge on any atom is 0.265 e. The average molecular weight is 709 g/mol. The van der Waals surface area contributed by atoms with Crippen LogP contribution < -0.4 is 15.5 Å². The Morgan fingerprint density at radius 3 is 1.66 bits per heavy atom. The van der Waals surface area contributed by atoms with E-state index in [0.29, 0.717) is 72.3 Å². The van der Waals surface area contributed by atoms with Gasteiger partial charge in [-0.25, -0.2) is 4.90 Å². The Bertz CT molecular complexity index is 2280. The van der Waals surface area contributed by atoms with E-state index in [1.165, 1.54) is 23.1 Å². The quantitative estimate of drug-likeness (QED) is 0.174. The monoisotopic (exact) mass is 708 g/mol. The number of carbonyl (C=O) groups excluding carboxylic acids is 6. The largest absolute Gasteiger partial charge is 0.351 e. The minimum Gasteiger partial charge on any atom is -0.351 e. The van der Waals surface area contributed by atoms with E-state index in [2.05, 4.69) is 15.5 Å². The van der Waals surface area contributed by atoms with Crippen molar-refractivity contribution in [2.75, 3.05) is 64.3 Å². The van der Waals surface area contributed by atoms with Crippen molar-refractivity contribution in [3.05, 3.63) is 124 Å². The summed E-state index contributed by atoms with van der Waals surface area (Å²) < 4.78 is 0. The highest BCUT2D eigenvalue weighted by atomic mass is 16.2. The third-order valence-corrected chi connectivity index (χ3v) is 10.2. The summed E-state index contributed by atoms with van der Waals surface area (Å²) in [4.78, 5) is 87.7. The molecule has 0 spiro atoms. The van der Waals surface area contributed by atoms with Gasteiger partial charge in [0.1, 0.15) is 0 Å². The van der Waals surface area contributed by atoms with Gasteiger partial charge in [-0.1, -0.05) is 48.5 Å². The number of benzene rings is 5. The minimum atomic E-state index is -0.537. The van der Waals surface area contributed by atoms with Crippen molar-refractivity contribution in [3.8, 4) is 0 Å². The van der Waals surface area contributed by atoms with Crippen LogP contribution in [0.1, 0.15) is 62.1 Å². The molecule has 3 heterocycles.